The van der Waals surface area contributed by atoms with Gasteiger partial charge in [-0.1, -0.05) is 0 Å². The largest absolute Gasteiger partial charge is 0.467 e. The minimum Gasteiger partial charge on any atom is -0.467 e. The molecule has 2 heterocycles. The zero-order valence-corrected chi connectivity index (χ0v) is 14.7. The molecule has 146 valence electrons. The maximum Gasteiger partial charge on any atom is 0.387 e. The first kappa shape index (κ1) is 19.1. The number of halogens is 2. The summed E-state index contributed by atoms with van der Waals surface area (Å²) in [6, 6.07) is 8.59. The van der Waals surface area contributed by atoms with Crippen molar-refractivity contribution in [3.63, 3.8) is 0 Å². The van der Waals surface area contributed by atoms with Gasteiger partial charge >= 0.3 is 6.61 Å². The van der Waals surface area contributed by atoms with E-state index in [0.717, 1.165) is 0 Å². The number of alkyl halides is 2. The smallest absolute Gasteiger partial charge is 0.387 e. The molecule has 3 rings (SSSR count). The quantitative estimate of drug-likeness (QED) is 0.646. The summed E-state index contributed by atoms with van der Waals surface area (Å²) in [6.45, 7) is -2.77. The third-order valence-corrected chi connectivity index (χ3v) is 3.75. The number of nitrogens with zero attached hydrogens (tertiary/aromatic N) is 2. The molecule has 2 amide bonds. The molecule has 2 aromatic heterocycles. The lowest BCUT2D eigenvalue weighted by atomic mass is 10.2. The van der Waals surface area contributed by atoms with Crippen LogP contribution in [-0.4, -0.2) is 28.2 Å². The number of carbonyl (C=O) groups is 2. The zero-order chi connectivity index (χ0) is 20.1. The Hall–Kier alpha value is -3.69. The second-order valence-electron chi connectivity index (χ2n) is 5.65. The van der Waals surface area contributed by atoms with Gasteiger partial charge in [0.2, 0.25) is 0 Å². The van der Waals surface area contributed by atoms with Crippen molar-refractivity contribution in [1.82, 2.24) is 15.1 Å². The molecule has 0 saturated heterocycles. The van der Waals surface area contributed by atoms with Crippen molar-refractivity contribution in [3.8, 4) is 5.75 Å². The van der Waals surface area contributed by atoms with Crippen LogP contribution < -0.4 is 15.4 Å². The first-order chi connectivity index (χ1) is 13.4. The number of furan rings is 1. The van der Waals surface area contributed by atoms with Crippen molar-refractivity contribution in [1.29, 1.82) is 0 Å². The van der Waals surface area contributed by atoms with E-state index in [1.807, 2.05) is 0 Å². The average Bonchev–Trinajstić information content (AvgIpc) is 3.30. The molecule has 0 aliphatic carbocycles. The number of ether oxygens (including phenoxy) is 1. The summed E-state index contributed by atoms with van der Waals surface area (Å²) < 4.78 is 35.1. The summed E-state index contributed by atoms with van der Waals surface area (Å²) in [5.74, 6) is -0.470. The van der Waals surface area contributed by atoms with Crippen molar-refractivity contribution in [2.24, 2.45) is 7.05 Å². The molecule has 0 unspecified atom stereocenters. The number of nitrogens with one attached hydrogen (secondary N) is 2. The Kier molecular flexibility index (Phi) is 5.68. The van der Waals surface area contributed by atoms with Crippen LogP contribution in [0.2, 0.25) is 0 Å². The van der Waals surface area contributed by atoms with Gasteiger partial charge in [0.1, 0.15) is 17.2 Å². The van der Waals surface area contributed by atoms with Gasteiger partial charge in [-0.3, -0.25) is 14.3 Å². The molecule has 3 aromatic rings. The summed E-state index contributed by atoms with van der Waals surface area (Å²) in [4.78, 5) is 24.8. The van der Waals surface area contributed by atoms with Gasteiger partial charge < -0.3 is 19.8 Å². The first-order valence-corrected chi connectivity index (χ1v) is 8.13. The summed E-state index contributed by atoms with van der Waals surface area (Å²) in [5, 5.41) is 9.25. The van der Waals surface area contributed by atoms with E-state index < -0.39 is 18.4 Å². The van der Waals surface area contributed by atoms with E-state index in [9.17, 15) is 18.4 Å². The summed E-state index contributed by atoms with van der Waals surface area (Å²) in [7, 11) is 1.56. The maximum atomic E-state index is 12.5. The monoisotopic (exact) mass is 390 g/mol. The SMILES string of the molecule is Cn1ncc(NC(=O)c2ccc(OC(F)F)cc2)c1C(=O)NCc1ccco1. The summed E-state index contributed by atoms with van der Waals surface area (Å²) in [6.07, 6.45) is 2.84. The van der Waals surface area contributed by atoms with Gasteiger partial charge in [0, 0.05) is 12.6 Å². The third-order valence-electron chi connectivity index (χ3n) is 3.75. The Labute approximate surface area is 158 Å². The Morgan fingerprint density at radius 3 is 2.61 bits per heavy atom. The fourth-order valence-corrected chi connectivity index (χ4v) is 2.44. The lowest BCUT2D eigenvalue weighted by molar-refractivity contribution is -0.0498. The number of carbonyl (C=O) groups excluding carboxylic acids is 2. The number of amides is 2. The lowest BCUT2D eigenvalue weighted by Crippen LogP contribution is -2.26. The van der Waals surface area contributed by atoms with E-state index in [1.165, 1.54) is 41.4 Å². The highest BCUT2D eigenvalue weighted by Crippen LogP contribution is 2.18. The Bertz CT molecular complexity index is 953. The predicted molar refractivity (Wildman–Crippen MR) is 94.1 cm³/mol. The Morgan fingerprint density at radius 1 is 1.21 bits per heavy atom. The van der Waals surface area contributed by atoms with Crippen LogP contribution in [0.15, 0.2) is 53.3 Å². The molecule has 0 radical (unpaired) electrons. The average molecular weight is 390 g/mol. The second-order valence-corrected chi connectivity index (χ2v) is 5.65. The molecule has 0 atom stereocenters. The first-order valence-electron chi connectivity index (χ1n) is 8.13. The normalized spacial score (nSPS) is 10.7. The second kappa shape index (κ2) is 8.33. The van der Waals surface area contributed by atoms with E-state index in [2.05, 4.69) is 20.5 Å². The molecule has 0 aliphatic rings. The van der Waals surface area contributed by atoms with Gasteiger partial charge in [0.15, 0.2) is 0 Å². The standard InChI is InChI=1S/C18H16F2N4O4/c1-24-15(17(26)21-9-13-3-2-8-27-13)14(10-22-24)23-16(25)11-4-6-12(7-5-11)28-18(19)20/h2-8,10,18H,9H2,1H3,(H,21,26)(H,23,25). The van der Waals surface area contributed by atoms with Gasteiger partial charge in [-0.05, 0) is 36.4 Å². The molecule has 0 fully saturated rings. The molecule has 0 aliphatic heterocycles. The maximum absolute atomic E-state index is 12.5. The van der Waals surface area contributed by atoms with E-state index >= 15 is 0 Å². The van der Waals surface area contributed by atoms with Crippen LogP contribution in [0.3, 0.4) is 0 Å². The van der Waals surface area contributed by atoms with Crippen LogP contribution in [0.25, 0.3) is 0 Å². The minimum absolute atomic E-state index is 0.0640. The number of aromatic nitrogens is 2. The summed E-state index contributed by atoms with van der Waals surface area (Å²) >= 11 is 0. The molecular formula is C18H16F2N4O4. The molecule has 8 nitrogen and oxygen atoms in total. The van der Waals surface area contributed by atoms with Crippen LogP contribution >= 0.6 is 0 Å². The van der Waals surface area contributed by atoms with E-state index in [0.29, 0.717) is 5.76 Å². The van der Waals surface area contributed by atoms with Crippen molar-refractivity contribution < 1.29 is 27.5 Å². The lowest BCUT2D eigenvalue weighted by Gasteiger charge is -2.09. The number of hydrogen-bond donors (Lipinski definition) is 2. The van der Waals surface area contributed by atoms with Gasteiger partial charge in [0.25, 0.3) is 11.8 Å². The van der Waals surface area contributed by atoms with Crippen molar-refractivity contribution in [2.45, 2.75) is 13.2 Å². The van der Waals surface area contributed by atoms with Crippen LogP contribution in [0.1, 0.15) is 26.6 Å². The molecule has 10 heteroatoms. The number of benzene rings is 1. The fourth-order valence-electron chi connectivity index (χ4n) is 2.44. The molecule has 28 heavy (non-hydrogen) atoms. The highest BCUT2D eigenvalue weighted by molar-refractivity contribution is 6.08. The van der Waals surface area contributed by atoms with Gasteiger partial charge in [-0.25, -0.2) is 0 Å². The summed E-state index contributed by atoms with van der Waals surface area (Å²) in [5.41, 5.74) is 0.558. The molecule has 0 spiro atoms. The number of aryl methyl sites for hydroxylation is 1. The molecule has 0 bridgehead atoms. The van der Waals surface area contributed by atoms with Crippen molar-refractivity contribution in [3.05, 3.63) is 65.9 Å². The van der Waals surface area contributed by atoms with E-state index in [1.54, 1.807) is 19.2 Å². The molecule has 2 N–H and O–H groups in total. The van der Waals surface area contributed by atoms with Gasteiger partial charge in [-0.15, -0.1) is 0 Å². The molecule has 0 saturated carbocycles. The predicted octanol–water partition coefficient (Wildman–Crippen LogP) is 2.80. The fraction of sp³-hybridized carbons (Fsp3) is 0.167. The Morgan fingerprint density at radius 2 is 1.96 bits per heavy atom. The van der Waals surface area contributed by atoms with Gasteiger partial charge in [0.05, 0.1) is 24.7 Å². The van der Waals surface area contributed by atoms with Crippen LogP contribution in [-0.2, 0) is 13.6 Å². The topological polar surface area (TPSA) is 98.4 Å². The van der Waals surface area contributed by atoms with Crippen LogP contribution in [0, 0.1) is 0 Å². The van der Waals surface area contributed by atoms with E-state index in [-0.39, 0.29) is 29.2 Å². The third kappa shape index (κ3) is 4.53. The highest BCUT2D eigenvalue weighted by atomic mass is 19.3. The van der Waals surface area contributed by atoms with Gasteiger partial charge in [-0.2, -0.15) is 13.9 Å². The zero-order valence-electron chi connectivity index (χ0n) is 14.7. The van der Waals surface area contributed by atoms with Crippen LogP contribution in [0.4, 0.5) is 14.5 Å². The van der Waals surface area contributed by atoms with E-state index in [4.69, 9.17) is 4.42 Å². The number of anilines is 1. The van der Waals surface area contributed by atoms with Crippen molar-refractivity contribution >= 4 is 17.5 Å². The number of rotatable bonds is 7. The minimum atomic E-state index is -2.95. The van der Waals surface area contributed by atoms with Crippen LogP contribution in [0.5, 0.6) is 5.75 Å². The van der Waals surface area contributed by atoms with Crippen molar-refractivity contribution in [2.75, 3.05) is 5.32 Å². The molecular weight excluding hydrogens is 374 g/mol. The molecule has 1 aromatic carbocycles. The number of hydrogen-bond acceptors (Lipinski definition) is 5. The Balaban J connectivity index is 1.68. The highest BCUT2D eigenvalue weighted by Gasteiger charge is 2.19.